The van der Waals surface area contributed by atoms with Gasteiger partial charge in [-0.05, 0) is 13.8 Å². The topological polar surface area (TPSA) is 39.7 Å². The van der Waals surface area contributed by atoms with E-state index in [9.17, 15) is 0 Å². The van der Waals surface area contributed by atoms with Gasteiger partial charge in [0.05, 0.1) is 12.7 Å². The predicted molar refractivity (Wildman–Crippen MR) is 51.8 cm³/mol. The highest BCUT2D eigenvalue weighted by Gasteiger charge is 2.02. The molecule has 0 spiro atoms. The van der Waals surface area contributed by atoms with Gasteiger partial charge in [0.15, 0.2) is 6.29 Å². The minimum absolute atomic E-state index is 0.168. The van der Waals surface area contributed by atoms with E-state index in [1.54, 1.807) is 14.2 Å². The van der Waals surface area contributed by atoms with E-state index >= 15 is 0 Å². The molecule has 4 heteroatoms. The lowest BCUT2D eigenvalue weighted by Gasteiger charge is -2.14. The Morgan fingerprint density at radius 1 is 1.15 bits per heavy atom. The van der Waals surface area contributed by atoms with E-state index in [1.165, 1.54) is 0 Å². The Bertz CT molecular complexity index is 105. The van der Waals surface area contributed by atoms with Crippen molar-refractivity contribution in [1.29, 1.82) is 0 Å². The molecule has 0 aromatic heterocycles. The Morgan fingerprint density at radius 2 is 1.77 bits per heavy atom. The fraction of sp³-hybridized carbons (Fsp3) is 1.00. The molecule has 4 nitrogen and oxygen atoms in total. The average molecular weight is 191 g/mol. The lowest BCUT2D eigenvalue weighted by Crippen LogP contribution is -2.32. The highest BCUT2D eigenvalue weighted by atomic mass is 16.7. The van der Waals surface area contributed by atoms with E-state index in [2.05, 4.69) is 5.32 Å². The summed E-state index contributed by atoms with van der Waals surface area (Å²) in [5, 5.41) is 3.17. The summed E-state index contributed by atoms with van der Waals surface area (Å²) in [6.07, 6.45) is 0.126. The summed E-state index contributed by atoms with van der Waals surface area (Å²) in [4.78, 5) is 0. The SMILES string of the molecule is COC(CNCCOC(C)C)OC. The molecular weight excluding hydrogens is 170 g/mol. The maximum Gasteiger partial charge on any atom is 0.169 e. The second kappa shape index (κ2) is 8.44. The average Bonchev–Trinajstić information content (AvgIpc) is 2.11. The van der Waals surface area contributed by atoms with Gasteiger partial charge in [-0.1, -0.05) is 0 Å². The van der Waals surface area contributed by atoms with Crippen molar-refractivity contribution >= 4 is 0 Å². The standard InChI is InChI=1S/C9H21NO3/c1-8(2)13-6-5-10-7-9(11-3)12-4/h8-10H,5-7H2,1-4H3. The van der Waals surface area contributed by atoms with Crippen LogP contribution in [0.25, 0.3) is 0 Å². The zero-order valence-corrected chi connectivity index (χ0v) is 9.00. The summed E-state index contributed by atoms with van der Waals surface area (Å²) in [5.41, 5.74) is 0. The molecule has 0 saturated heterocycles. The molecule has 80 valence electrons. The third kappa shape index (κ3) is 8.18. The van der Waals surface area contributed by atoms with Crippen molar-refractivity contribution in [3.05, 3.63) is 0 Å². The molecular formula is C9H21NO3. The van der Waals surface area contributed by atoms with Gasteiger partial charge in [0.25, 0.3) is 0 Å². The van der Waals surface area contributed by atoms with Crippen LogP contribution in [0.2, 0.25) is 0 Å². The molecule has 0 amide bonds. The van der Waals surface area contributed by atoms with E-state index in [-0.39, 0.29) is 6.29 Å². The van der Waals surface area contributed by atoms with Crippen molar-refractivity contribution < 1.29 is 14.2 Å². The smallest absolute Gasteiger partial charge is 0.169 e. The van der Waals surface area contributed by atoms with Crippen LogP contribution in [-0.4, -0.2) is 46.3 Å². The third-order valence-corrected chi connectivity index (χ3v) is 1.57. The minimum Gasteiger partial charge on any atom is -0.377 e. The summed E-state index contributed by atoms with van der Waals surface area (Å²) < 4.78 is 15.3. The summed E-state index contributed by atoms with van der Waals surface area (Å²) in [7, 11) is 3.25. The lowest BCUT2D eigenvalue weighted by atomic mass is 10.5. The molecule has 0 aliphatic heterocycles. The predicted octanol–water partition coefficient (Wildman–Crippen LogP) is 0.620. The first-order valence-electron chi connectivity index (χ1n) is 4.58. The van der Waals surface area contributed by atoms with Crippen molar-refractivity contribution in [2.75, 3.05) is 33.9 Å². The summed E-state index contributed by atoms with van der Waals surface area (Å²) in [6.45, 7) is 6.27. The number of methoxy groups -OCH3 is 2. The van der Waals surface area contributed by atoms with Crippen LogP contribution in [0.5, 0.6) is 0 Å². The van der Waals surface area contributed by atoms with E-state index in [0.717, 1.165) is 13.2 Å². The molecule has 0 saturated carbocycles. The van der Waals surface area contributed by atoms with Crippen LogP contribution in [0.3, 0.4) is 0 Å². The highest BCUT2D eigenvalue weighted by molar-refractivity contribution is 4.50. The van der Waals surface area contributed by atoms with Gasteiger partial charge in [-0.15, -0.1) is 0 Å². The number of rotatable bonds is 8. The van der Waals surface area contributed by atoms with Crippen LogP contribution in [-0.2, 0) is 14.2 Å². The van der Waals surface area contributed by atoms with Crippen LogP contribution in [0.4, 0.5) is 0 Å². The van der Waals surface area contributed by atoms with Crippen molar-refractivity contribution in [3.63, 3.8) is 0 Å². The van der Waals surface area contributed by atoms with E-state index in [0.29, 0.717) is 12.6 Å². The molecule has 0 bridgehead atoms. The normalized spacial score (nSPS) is 11.5. The van der Waals surface area contributed by atoms with Crippen LogP contribution < -0.4 is 5.32 Å². The first-order chi connectivity index (χ1) is 6.20. The maximum absolute atomic E-state index is 5.35. The summed E-state index contributed by atoms with van der Waals surface area (Å²) >= 11 is 0. The number of nitrogens with one attached hydrogen (secondary N) is 1. The highest BCUT2D eigenvalue weighted by Crippen LogP contribution is 1.88. The fourth-order valence-corrected chi connectivity index (χ4v) is 0.850. The molecule has 0 heterocycles. The Morgan fingerprint density at radius 3 is 2.23 bits per heavy atom. The molecule has 0 unspecified atom stereocenters. The van der Waals surface area contributed by atoms with Crippen LogP contribution >= 0.6 is 0 Å². The molecule has 0 rings (SSSR count). The largest absolute Gasteiger partial charge is 0.377 e. The molecule has 0 radical (unpaired) electrons. The van der Waals surface area contributed by atoms with Gasteiger partial charge in [-0.25, -0.2) is 0 Å². The Hall–Kier alpha value is -0.160. The maximum atomic E-state index is 5.35. The monoisotopic (exact) mass is 191 g/mol. The van der Waals surface area contributed by atoms with Crippen molar-refractivity contribution in [3.8, 4) is 0 Å². The van der Waals surface area contributed by atoms with Gasteiger partial charge in [0.2, 0.25) is 0 Å². The molecule has 0 aromatic carbocycles. The number of hydrogen-bond donors (Lipinski definition) is 1. The first-order valence-corrected chi connectivity index (χ1v) is 4.58. The molecule has 13 heavy (non-hydrogen) atoms. The first kappa shape index (κ1) is 12.8. The second-order valence-corrected chi connectivity index (χ2v) is 3.02. The van der Waals surface area contributed by atoms with Gasteiger partial charge >= 0.3 is 0 Å². The van der Waals surface area contributed by atoms with Crippen molar-refractivity contribution in [2.45, 2.75) is 26.2 Å². The molecule has 0 aliphatic rings. The quantitative estimate of drug-likeness (QED) is 0.451. The van der Waals surface area contributed by atoms with Crippen LogP contribution in [0, 0.1) is 0 Å². The van der Waals surface area contributed by atoms with E-state index < -0.39 is 0 Å². The molecule has 0 fully saturated rings. The van der Waals surface area contributed by atoms with Crippen LogP contribution in [0.1, 0.15) is 13.8 Å². The molecule has 1 N–H and O–H groups in total. The van der Waals surface area contributed by atoms with Gasteiger partial charge in [-0.3, -0.25) is 0 Å². The van der Waals surface area contributed by atoms with Gasteiger partial charge < -0.3 is 19.5 Å². The third-order valence-electron chi connectivity index (χ3n) is 1.57. The molecule has 0 atom stereocenters. The summed E-state index contributed by atoms with van der Waals surface area (Å²) in [6, 6.07) is 0. The van der Waals surface area contributed by atoms with E-state index in [4.69, 9.17) is 14.2 Å². The molecule has 0 aliphatic carbocycles. The van der Waals surface area contributed by atoms with Gasteiger partial charge in [0.1, 0.15) is 0 Å². The minimum atomic E-state index is -0.168. The Labute approximate surface area is 80.5 Å². The lowest BCUT2D eigenvalue weighted by molar-refractivity contribution is -0.0992. The zero-order chi connectivity index (χ0) is 10.1. The number of hydrogen-bond acceptors (Lipinski definition) is 4. The Kier molecular flexibility index (Phi) is 8.33. The second-order valence-electron chi connectivity index (χ2n) is 3.02. The molecule has 0 aromatic rings. The van der Waals surface area contributed by atoms with Gasteiger partial charge in [-0.2, -0.15) is 0 Å². The number of ether oxygens (including phenoxy) is 3. The Balaban J connectivity index is 3.14. The summed E-state index contributed by atoms with van der Waals surface area (Å²) in [5.74, 6) is 0. The van der Waals surface area contributed by atoms with E-state index in [1.807, 2.05) is 13.8 Å². The zero-order valence-electron chi connectivity index (χ0n) is 9.00. The fourth-order valence-electron chi connectivity index (χ4n) is 0.850. The van der Waals surface area contributed by atoms with Crippen molar-refractivity contribution in [1.82, 2.24) is 5.32 Å². The van der Waals surface area contributed by atoms with Crippen molar-refractivity contribution in [2.24, 2.45) is 0 Å². The van der Waals surface area contributed by atoms with Gasteiger partial charge in [0, 0.05) is 27.3 Å². The van der Waals surface area contributed by atoms with Crippen LogP contribution in [0.15, 0.2) is 0 Å².